The summed E-state index contributed by atoms with van der Waals surface area (Å²) < 4.78 is 7.47. The molecule has 5 nitrogen and oxygen atoms in total. The Bertz CT molecular complexity index is 836. The normalized spacial score (nSPS) is 17.0. The molecule has 1 aliphatic rings. The number of fused-ring (bicyclic) bond motifs is 2. The maximum absolute atomic E-state index is 11.7. The van der Waals surface area contributed by atoms with Gasteiger partial charge in [0.2, 0.25) is 0 Å². The fraction of sp³-hybridized carbons (Fsp3) is 0.176. The lowest BCUT2D eigenvalue weighted by Gasteiger charge is -2.23. The molecule has 0 saturated carbocycles. The van der Waals surface area contributed by atoms with Crippen LogP contribution in [-0.4, -0.2) is 21.8 Å². The van der Waals surface area contributed by atoms with E-state index in [1.807, 2.05) is 53.3 Å². The zero-order valence-corrected chi connectivity index (χ0v) is 12.1. The lowest BCUT2D eigenvalue weighted by molar-refractivity contribution is -0.122. The van der Waals surface area contributed by atoms with E-state index in [0.29, 0.717) is 12.3 Å². The molecular weight excluding hydrogens is 278 g/mol. The van der Waals surface area contributed by atoms with Gasteiger partial charge in [0, 0.05) is 11.6 Å². The molecule has 3 aromatic rings. The number of aromatic nitrogens is 2. The number of anilines is 1. The Kier molecular flexibility index (Phi) is 2.85. The molecule has 0 bridgehead atoms. The lowest BCUT2D eigenvalue weighted by atomic mass is 10.1. The number of hydrogen-bond acceptors (Lipinski definition) is 3. The topological polar surface area (TPSA) is 56.1 Å². The number of nitrogens with zero attached hydrogens (tertiary/aromatic N) is 2. The molecule has 4 rings (SSSR count). The molecular formula is C17H15N3O2. The van der Waals surface area contributed by atoms with Gasteiger partial charge in [0.1, 0.15) is 5.75 Å². The third kappa shape index (κ3) is 2.20. The van der Waals surface area contributed by atoms with E-state index in [4.69, 9.17) is 4.74 Å². The summed E-state index contributed by atoms with van der Waals surface area (Å²) in [6.45, 7) is 2.38. The van der Waals surface area contributed by atoms with Crippen LogP contribution in [0.25, 0.3) is 10.9 Å². The van der Waals surface area contributed by atoms with Crippen molar-refractivity contribution in [1.82, 2.24) is 9.78 Å². The molecule has 1 aliphatic heterocycles. The second-order valence-electron chi connectivity index (χ2n) is 5.47. The summed E-state index contributed by atoms with van der Waals surface area (Å²) >= 11 is 0. The number of ether oxygens (including phenoxy) is 1. The molecule has 0 fully saturated rings. The van der Waals surface area contributed by atoms with Gasteiger partial charge >= 0.3 is 0 Å². The Morgan fingerprint density at radius 1 is 1.27 bits per heavy atom. The van der Waals surface area contributed by atoms with E-state index in [1.165, 1.54) is 0 Å². The van der Waals surface area contributed by atoms with Crippen LogP contribution < -0.4 is 10.1 Å². The number of amides is 1. The maximum atomic E-state index is 11.7. The number of carbonyl (C=O) groups is 1. The van der Waals surface area contributed by atoms with Crippen molar-refractivity contribution in [2.24, 2.45) is 0 Å². The second-order valence-corrected chi connectivity index (χ2v) is 5.47. The molecule has 2 aromatic carbocycles. The highest BCUT2D eigenvalue weighted by Crippen LogP contribution is 2.30. The first-order valence-corrected chi connectivity index (χ1v) is 7.22. The molecule has 1 N–H and O–H groups in total. The third-order valence-corrected chi connectivity index (χ3v) is 3.78. The van der Waals surface area contributed by atoms with Crippen molar-refractivity contribution in [3.8, 4) is 5.75 Å². The molecule has 0 saturated heterocycles. The van der Waals surface area contributed by atoms with Gasteiger partial charge in [-0.05, 0) is 30.7 Å². The molecule has 5 heteroatoms. The van der Waals surface area contributed by atoms with Gasteiger partial charge in [0.15, 0.2) is 6.10 Å². The summed E-state index contributed by atoms with van der Waals surface area (Å²) in [4.78, 5) is 11.7. The van der Waals surface area contributed by atoms with Crippen molar-refractivity contribution < 1.29 is 9.53 Å². The second kappa shape index (κ2) is 4.87. The summed E-state index contributed by atoms with van der Waals surface area (Å²) in [6, 6.07) is 13.8. The fourth-order valence-corrected chi connectivity index (χ4v) is 2.64. The van der Waals surface area contributed by atoms with E-state index in [0.717, 1.165) is 22.2 Å². The van der Waals surface area contributed by atoms with Crippen molar-refractivity contribution >= 4 is 22.5 Å². The SMILES string of the molecule is CC1Oc2ccc(Cn3cc4ccccc4n3)cc2NC1=O. The predicted molar refractivity (Wildman–Crippen MR) is 84.0 cm³/mol. The van der Waals surface area contributed by atoms with E-state index < -0.39 is 6.10 Å². The first-order chi connectivity index (χ1) is 10.7. The van der Waals surface area contributed by atoms with Gasteiger partial charge in [0.05, 0.1) is 17.7 Å². The highest BCUT2D eigenvalue weighted by Gasteiger charge is 2.23. The van der Waals surface area contributed by atoms with Crippen LogP contribution in [0.4, 0.5) is 5.69 Å². The van der Waals surface area contributed by atoms with Crippen LogP contribution in [-0.2, 0) is 11.3 Å². The van der Waals surface area contributed by atoms with Gasteiger partial charge in [0.25, 0.3) is 5.91 Å². The molecule has 2 heterocycles. The first kappa shape index (κ1) is 12.9. The third-order valence-electron chi connectivity index (χ3n) is 3.78. The first-order valence-electron chi connectivity index (χ1n) is 7.22. The van der Waals surface area contributed by atoms with Gasteiger partial charge in [-0.3, -0.25) is 9.48 Å². The zero-order chi connectivity index (χ0) is 15.1. The molecule has 1 aromatic heterocycles. The zero-order valence-electron chi connectivity index (χ0n) is 12.1. The minimum absolute atomic E-state index is 0.116. The number of nitrogens with one attached hydrogen (secondary N) is 1. The van der Waals surface area contributed by atoms with Gasteiger partial charge in [-0.2, -0.15) is 5.10 Å². The van der Waals surface area contributed by atoms with E-state index in [2.05, 4.69) is 10.4 Å². The average Bonchev–Trinajstić information content (AvgIpc) is 2.91. The van der Waals surface area contributed by atoms with Crippen LogP contribution in [0.2, 0.25) is 0 Å². The number of hydrogen-bond donors (Lipinski definition) is 1. The standard InChI is InChI=1S/C17H15N3O2/c1-11-17(21)18-15-8-12(6-7-16(15)22-11)9-20-10-13-4-2-3-5-14(13)19-20/h2-8,10-11H,9H2,1H3,(H,18,21). The van der Waals surface area contributed by atoms with E-state index in [9.17, 15) is 4.79 Å². The summed E-state index contributed by atoms with van der Waals surface area (Å²) in [5.74, 6) is 0.593. The van der Waals surface area contributed by atoms with Gasteiger partial charge in [-0.15, -0.1) is 0 Å². The monoisotopic (exact) mass is 293 g/mol. The molecule has 0 spiro atoms. The summed E-state index contributed by atoms with van der Waals surface area (Å²) in [5, 5.41) is 8.53. The molecule has 22 heavy (non-hydrogen) atoms. The van der Waals surface area contributed by atoms with Crippen LogP contribution >= 0.6 is 0 Å². The van der Waals surface area contributed by atoms with Crippen molar-refractivity contribution in [3.63, 3.8) is 0 Å². The smallest absolute Gasteiger partial charge is 0.265 e. The van der Waals surface area contributed by atoms with Crippen molar-refractivity contribution in [3.05, 3.63) is 54.2 Å². The highest BCUT2D eigenvalue weighted by molar-refractivity contribution is 5.97. The minimum atomic E-state index is -0.449. The predicted octanol–water partition coefficient (Wildman–Crippen LogP) is 2.80. The quantitative estimate of drug-likeness (QED) is 0.790. The molecule has 0 radical (unpaired) electrons. The van der Waals surface area contributed by atoms with Crippen molar-refractivity contribution in [2.45, 2.75) is 19.6 Å². The molecule has 1 atom stereocenters. The Labute approximate surface area is 127 Å². The van der Waals surface area contributed by atoms with Crippen LogP contribution in [0.15, 0.2) is 48.7 Å². The Morgan fingerprint density at radius 3 is 3.00 bits per heavy atom. The summed E-state index contributed by atoms with van der Waals surface area (Å²) in [5.41, 5.74) is 2.76. The van der Waals surface area contributed by atoms with Crippen LogP contribution in [0.5, 0.6) is 5.75 Å². The summed E-state index contributed by atoms with van der Waals surface area (Å²) in [7, 11) is 0. The van der Waals surface area contributed by atoms with Gasteiger partial charge in [-0.25, -0.2) is 0 Å². The van der Waals surface area contributed by atoms with Crippen LogP contribution in [0, 0.1) is 0 Å². The largest absolute Gasteiger partial charge is 0.479 e. The highest BCUT2D eigenvalue weighted by atomic mass is 16.5. The average molecular weight is 293 g/mol. The number of rotatable bonds is 2. The van der Waals surface area contributed by atoms with E-state index in [1.54, 1.807) is 6.92 Å². The molecule has 110 valence electrons. The molecule has 0 aliphatic carbocycles. The Morgan fingerprint density at radius 2 is 2.14 bits per heavy atom. The number of carbonyl (C=O) groups excluding carboxylic acids is 1. The lowest BCUT2D eigenvalue weighted by Crippen LogP contribution is -2.34. The van der Waals surface area contributed by atoms with Crippen LogP contribution in [0.3, 0.4) is 0 Å². The van der Waals surface area contributed by atoms with E-state index in [-0.39, 0.29) is 5.91 Å². The number of benzene rings is 2. The molecule has 1 unspecified atom stereocenters. The Balaban J connectivity index is 1.63. The van der Waals surface area contributed by atoms with Gasteiger partial charge < -0.3 is 10.1 Å². The molecule has 1 amide bonds. The van der Waals surface area contributed by atoms with Crippen LogP contribution in [0.1, 0.15) is 12.5 Å². The fourth-order valence-electron chi connectivity index (χ4n) is 2.64. The Hall–Kier alpha value is -2.82. The van der Waals surface area contributed by atoms with Gasteiger partial charge in [-0.1, -0.05) is 24.3 Å². The maximum Gasteiger partial charge on any atom is 0.265 e. The summed E-state index contributed by atoms with van der Waals surface area (Å²) in [6.07, 6.45) is 1.57. The van der Waals surface area contributed by atoms with Crippen molar-refractivity contribution in [1.29, 1.82) is 0 Å². The minimum Gasteiger partial charge on any atom is -0.479 e. The van der Waals surface area contributed by atoms with Crippen molar-refractivity contribution in [2.75, 3.05) is 5.32 Å². The van der Waals surface area contributed by atoms with E-state index >= 15 is 0 Å².